The summed E-state index contributed by atoms with van der Waals surface area (Å²) < 4.78 is 5.26. The molecule has 2 rings (SSSR count). The molecule has 6 nitrogen and oxygen atoms in total. The highest BCUT2D eigenvalue weighted by Crippen LogP contribution is 2.23. The van der Waals surface area contributed by atoms with Gasteiger partial charge in [-0.3, -0.25) is 0 Å². The van der Waals surface area contributed by atoms with E-state index in [0.717, 1.165) is 31.0 Å². The van der Waals surface area contributed by atoms with Gasteiger partial charge in [-0.05, 0) is 46.6 Å². The van der Waals surface area contributed by atoms with Crippen LogP contribution in [0.2, 0.25) is 0 Å². The van der Waals surface area contributed by atoms with Crippen LogP contribution in [0.1, 0.15) is 39.4 Å². The van der Waals surface area contributed by atoms with Gasteiger partial charge in [0.25, 0.3) is 0 Å². The molecule has 1 fully saturated rings. The number of alkyl carbamates (subject to hydrolysis) is 1. The zero-order valence-electron chi connectivity index (χ0n) is 13.2. The second kappa shape index (κ2) is 6.28. The van der Waals surface area contributed by atoms with Crippen LogP contribution in [0.4, 0.5) is 10.6 Å². The molecule has 1 aliphatic rings. The Bertz CT molecular complexity index is 499. The van der Waals surface area contributed by atoms with E-state index < -0.39 is 5.60 Å². The lowest BCUT2D eigenvalue weighted by atomic mass is 10.2. The van der Waals surface area contributed by atoms with Crippen molar-refractivity contribution >= 4 is 11.9 Å². The molecule has 1 aromatic heterocycles. The fourth-order valence-corrected chi connectivity index (χ4v) is 2.47. The zero-order valence-corrected chi connectivity index (χ0v) is 13.2. The summed E-state index contributed by atoms with van der Waals surface area (Å²) in [5.41, 5.74) is -0.469. The molecule has 1 aromatic rings. The van der Waals surface area contributed by atoms with Gasteiger partial charge in [0.05, 0.1) is 0 Å². The number of rotatable bonds is 3. The van der Waals surface area contributed by atoms with E-state index in [1.54, 1.807) is 6.20 Å². The highest BCUT2D eigenvalue weighted by atomic mass is 16.6. The molecular formula is C15H24N4O2. The maximum atomic E-state index is 11.7. The maximum Gasteiger partial charge on any atom is 0.407 e. The van der Waals surface area contributed by atoms with Crippen LogP contribution in [0.15, 0.2) is 12.3 Å². The van der Waals surface area contributed by atoms with Gasteiger partial charge in [0.1, 0.15) is 17.2 Å². The number of hydrogen-bond donors (Lipinski definition) is 1. The first kappa shape index (κ1) is 15.5. The van der Waals surface area contributed by atoms with E-state index in [4.69, 9.17) is 4.74 Å². The second-order valence-corrected chi connectivity index (χ2v) is 6.33. The van der Waals surface area contributed by atoms with Gasteiger partial charge in [-0.1, -0.05) is 0 Å². The number of amides is 1. The van der Waals surface area contributed by atoms with Crippen LogP contribution in [0.3, 0.4) is 0 Å². The van der Waals surface area contributed by atoms with Gasteiger partial charge < -0.3 is 15.0 Å². The van der Waals surface area contributed by atoms with Gasteiger partial charge in [-0.15, -0.1) is 0 Å². The number of carbonyl (C=O) groups excluding carboxylic acids is 1. The van der Waals surface area contributed by atoms with Crippen LogP contribution in [0.5, 0.6) is 0 Å². The molecule has 1 atom stereocenters. The van der Waals surface area contributed by atoms with Gasteiger partial charge >= 0.3 is 6.09 Å². The Morgan fingerprint density at radius 1 is 1.52 bits per heavy atom. The fourth-order valence-electron chi connectivity index (χ4n) is 2.47. The van der Waals surface area contributed by atoms with Crippen molar-refractivity contribution in [2.75, 3.05) is 18.0 Å². The average Bonchev–Trinajstić information content (AvgIpc) is 2.82. The van der Waals surface area contributed by atoms with E-state index in [-0.39, 0.29) is 12.1 Å². The molecule has 1 amide bonds. The topological polar surface area (TPSA) is 67.4 Å². The normalized spacial score (nSPS) is 18.7. The Hall–Kier alpha value is -1.85. The number of ether oxygens (including phenoxy) is 1. The van der Waals surface area contributed by atoms with Gasteiger partial charge in [0, 0.05) is 25.3 Å². The summed E-state index contributed by atoms with van der Waals surface area (Å²) in [6.45, 7) is 8.98. The summed E-state index contributed by atoms with van der Waals surface area (Å²) in [6.07, 6.45) is 3.55. The highest BCUT2D eigenvalue weighted by Gasteiger charge is 2.27. The molecule has 2 heterocycles. The van der Waals surface area contributed by atoms with Crippen molar-refractivity contribution in [3.05, 3.63) is 18.1 Å². The zero-order chi connectivity index (χ0) is 15.5. The first-order valence-electron chi connectivity index (χ1n) is 7.38. The molecule has 6 heteroatoms. The molecule has 0 saturated carbocycles. The molecule has 1 saturated heterocycles. The van der Waals surface area contributed by atoms with Crippen molar-refractivity contribution in [2.24, 2.45) is 0 Å². The lowest BCUT2D eigenvalue weighted by molar-refractivity contribution is 0.0525. The number of nitrogens with zero attached hydrogens (tertiary/aromatic N) is 3. The van der Waals surface area contributed by atoms with Crippen molar-refractivity contribution < 1.29 is 9.53 Å². The molecular weight excluding hydrogens is 268 g/mol. The van der Waals surface area contributed by atoms with Gasteiger partial charge in [0.2, 0.25) is 0 Å². The van der Waals surface area contributed by atoms with E-state index >= 15 is 0 Å². The summed E-state index contributed by atoms with van der Waals surface area (Å²) >= 11 is 0. The Labute approximate surface area is 125 Å². The molecule has 0 bridgehead atoms. The molecule has 21 heavy (non-hydrogen) atoms. The van der Waals surface area contributed by atoms with Gasteiger partial charge in [0.15, 0.2) is 0 Å². The third-order valence-electron chi connectivity index (χ3n) is 3.31. The van der Waals surface area contributed by atoms with Crippen LogP contribution >= 0.6 is 0 Å². The average molecular weight is 292 g/mol. The maximum absolute atomic E-state index is 11.7. The first-order chi connectivity index (χ1) is 9.85. The van der Waals surface area contributed by atoms with Crippen LogP contribution in [-0.4, -0.2) is 40.8 Å². The number of anilines is 1. The first-order valence-corrected chi connectivity index (χ1v) is 7.38. The number of aromatic nitrogens is 2. The predicted molar refractivity (Wildman–Crippen MR) is 81.4 cm³/mol. The van der Waals surface area contributed by atoms with Crippen molar-refractivity contribution in [1.29, 1.82) is 0 Å². The number of hydrogen-bond acceptors (Lipinski definition) is 5. The van der Waals surface area contributed by atoms with Crippen LogP contribution < -0.4 is 10.2 Å². The SMILES string of the molecule is Cc1nccc(N2CCC[C@H]2CNC(=O)OC(C)(C)C)n1. The lowest BCUT2D eigenvalue weighted by Gasteiger charge is -2.27. The molecule has 1 N–H and O–H groups in total. The summed E-state index contributed by atoms with van der Waals surface area (Å²) in [6, 6.07) is 2.17. The molecule has 0 aromatic carbocycles. The van der Waals surface area contributed by atoms with Crippen LogP contribution in [-0.2, 0) is 4.74 Å². The third kappa shape index (κ3) is 4.58. The number of nitrogens with one attached hydrogen (secondary N) is 1. The van der Waals surface area contributed by atoms with E-state index in [0.29, 0.717) is 6.54 Å². The monoisotopic (exact) mass is 292 g/mol. The smallest absolute Gasteiger partial charge is 0.407 e. The van der Waals surface area contributed by atoms with Crippen LogP contribution in [0.25, 0.3) is 0 Å². The summed E-state index contributed by atoms with van der Waals surface area (Å²) in [7, 11) is 0. The minimum Gasteiger partial charge on any atom is -0.444 e. The Kier molecular flexibility index (Phi) is 4.65. The quantitative estimate of drug-likeness (QED) is 0.925. The van der Waals surface area contributed by atoms with Crippen molar-refractivity contribution in [2.45, 2.75) is 52.2 Å². The molecule has 0 spiro atoms. The number of carbonyl (C=O) groups is 1. The van der Waals surface area contributed by atoms with Crippen molar-refractivity contribution in [3.63, 3.8) is 0 Å². The lowest BCUT2D eigenvalue weighted by Crippen LogP contribution is -2.42. The third-order valence-corrected chi connectivity index (χ3v) is 3.31. The van der Waals surface area contributed by atoms with Crippen LogP contribution in [0, 0.1) is 6.92 Å². The molecule has 0 aliphatic carbocycles. The van der Waals surface area contributed by atoms with Gasteiger partial charge in [-0.25, -0.2) is 14.8 Å². The molecule has 0 unspecified atom stereocenters. The molecule has 116 valence electrons. The fraction of sp³-hybridized carbons (Fsp3) is 0.667. The highest BCUT2D eigenvalue weighted by molar-refractivity contribution is 5.67. The molecule has 0 radical (unpaired) electrons. The summed E-state index contributed by atoms with van der Waals surface area (Å²) in [5, 5.41) is 2.85. The van der Waals surface area contributed by atoms with Crippen molar-refractivity contribution in [1.82, 2.24) is 15.3 Å². The minimum absolute atomic E-state index is 0.256. The second-order valence-electron chi connectivity index (χ2n) is 6.33. The summed E-state index contributed by atoms with van der Waals surface area (Å²) in [5.74, 6) is 1.69. The Morgan fingerprint density at radius 2 is 2.29 bits per heavy atom. The minimum atomic E-state index is -0.469. The number of aryl methyl sites for hydroxylation is 1. The van der Waals surface area contributed by atoms with E-state index in [1.807, 2.05) is 33.8 Å². The largest absolute Gasteiger partial charge is 0.444 e. The standard InChI is InChI=1S/C15H24N4O2/c1-11-16-8-7-13(18-11)19-9-5-6-12(19)10-17-14(20)21-15(2,3)4/h7-8,12H,5-6,9-10H2,1-4H3,(H,17,20)/t12-/m0/s1. The Morgan fingerprint density at radius 3 is 2.95 bits per heavy atom. The predicted octanol–water partition coefficient (Wildman–Crippen LogP) is 2.28. The van der Waals surface area contributed by atoms with Gasteiger partial charge in [-0.2, -0.15) is 0 Å². The molecule has 1 aliphatic heterocycles. The summed E-state index contributed by atoms with van der Waals surface area (Å²) in [4.78, 5) is 22.5. The van der Waals surface area contributed by atoms with E-state index in [9.17, 15) is 4.79 Å². The Balaban J connectivity index is 1.92. The van der Waals surface area contributed by atoms with E-state index in [1.165, 1.54) is 0 Å². The van der Waals surface area contributed by atoms with Crippen molar-refractivity contribution in [3.8, 4) is 0 Å². The van der Waals surface area contributed by atoms with E-state index in [2.05, 4.69) is 20.2 Å².